The molecule has 1 heterocycles. The van der Waals surface area contributed by atoms with E-state index in [-0.39, 0.29) is 18.3 Å². The van der Waals surface area contributed by atoms with Gasteiger partial charge < -0.3 is 14.4 Å². The average molecular weight is 284 g/mol. The molecule has 0 atom stereocenters. The van der Waals surface area contributed by atoms with Crippen LogP contribution in [-0.4, -0.2) is 65.5 Å². The predicted octanol–water partition coefficient (Wildman–Crippen LogP) is -0.294. The molecule has 1 aromatic heterocycles. The minimum atomic E-state index is -0.337. The molecule has 1 rings (SSSR count). The van der Waals surface area contributed by atoms with Gasteiger partial charge in [0.15, 0.2) is 0 Å². The quantitative estimate of drug-likeness (QED) is 0.579. The molecule has 20 heavy (non-hydrogen) atoms. The minimum absolute atomic E-state index is 0.0542. The van der Waals surface area contributed by atoms with Crippen molar-refractivity contribution in [3.05, 3.63) is 12.7 Å². The Hall–Kier alpha value is -1.96. The highest BCUT2D eigenvalue weighted by molar-refractivity contribution is 5.77. The van der Waals surface area contributed by atoms with Gasteiger partial charge in [-0.25, -0.2) is 4.98 Å². The summed E-state index contributed by atoms with van der Waals surface area (Å²) in [6, 6.07) is 0. The van der Waals surface area contributed by atoms with Gasteiger partial charge in [-0.05, 0) is 0 Å². The van der Waals surface area contributed by atoms with Crippen molar-refractivity contribution in [2.45, 2.75) is 19.4 Å². The van der Waals surface area contributed by atoms with Gasteiger partial charge in [-0.15, -0.1) is 0 Å². The van der Waals surface area contributed by atoms with Gasteiger partial charge in [0.05, 0.1) is 26.7 Å². The van der Waals surface area contributed by atoms with Crippen LogP contribution in [0.25, 0.3) is 0 Å². The summed E-state index contributed by atoms with van der Waals surface area (Å²) in [5.41, 5.74) is 0. The number of hydrogen-bond donors (Lipinski definition) is 0. The highest BCUT2D eigenvalue weighted by atomic mass is 16.5. The molecule has 0 saturated carbocycles. The van der Waals surface area contributed by atoms with E-state index in [0.717, 1.165) is 0 Å². The SMILES string of the molecule is COCCN(CCC(=O)OC)C(=O)CCn1cncn1. The number of nitrogens with zero attached hydrogens (tertiary/aromatic N) is 4. The van der Waals surface area contributed by atoms with Crippen molar-refractivity contribution in [3.8, 4) is 0 Å². The fraction of sp³-hybridized carbons (Fsp3) is 0.667. The summed E-state index contributed by atoms with van der Waals surface area (Å²) < 4.78 is 11.1. The molecule has 1 aromatic rings. The molecular weight excluding hydrogens is 264 g/mol. The number of ether oxygens (including phenoxy) is 2. The van der Waals surface area contributed by atoms with Crippen molar-refractivity contribution in [2.24, 2.45) is 0 Å². The fourth-order valence-corrected chi connectivity index (χ4v) is 1.61. The highest BCUT2D eigenvalue weighted by Crippen LogP contribution is 2.00. The Kier molecular flexibility index (Phi) is 7.26. The van der Waals surface area contributed by atoms with Gasteiger partial charge in [-0.1, -0.05) is 0 Å². The van der Waals surface area contributed by atoms with E-state index >= 15 is 0 Å². The number of aryl methyl sites for hydroxylation is 1. The van der Waals surface area contributed by atoms with Gasteiger partial charge in [0.2, 0.25) is 5.91 Å². The summed E-state index contributed by atoms with van der Waals surface area (Å²) in [7, 11) is 2.90. The molecule has 0 fully saturated rings. The van der Waals surface area contributed by atoms with Crippen LogP contribution >= 0.6 is 0 Å². The van der Waals surface area contributed by atoms with Crippen LogP contribution in [0.1, 0.15) is 12.8 Å². The average Bonchev–Trinajstić information content (AvgIpc) is 2.97. The fourth-order valence-electron chi connectivity index (χ4n) is 1.61. The van der Waals surface area contributed by atoms with Crippen molar-refractivity contribution in [1.82, 2.24) is 19.7 Å². The van der Waals surface area contributed by atoms with Gasteiger partial charge in [0.1, 0.15) is 12.7 Å². The summed E-state index contributed by atoms with van der Waals surface area (Å²) >= 11 is 0. The van der Waals surface area contributed by atoms with Crippen molar-refractivity contribution >= 4 is 11.9 Å². The van der Waals surface area contributed by atoms with Crippen molar-refractivity contribution in [2.75, 3.05) is 33.9 Å². The second-order valence-corrected chi connectivity index (χ2v) is 4.11. The first kappa shape index (κ1) is 16.1. The normalized spacial score (nSPS) is 10.3. The zero-order valence-corrected chi connectivity index (χ0v) is 11.8. The molecule has 0 aliphatic carbocycles. The van der Waals surface area contributed by atoms with Gasteiger partial charge in [-0.3, -0.25) is 14.3 Å². The number of aromatic nitrogens is 3. The Morgan fingerprint density at radius 2 is 2.05 bits per heavy atom. The van der Waals surface area contributed by atoms with Gasteiger partial charge in [-0.2, -0.15) is 5.10 Å². The van der Waals surface area contributed by atoms with Crippen LogP contribution in [0.2, 0.25) is 0 Å². The highest BCUT2D eigenvalue weighted by Gasteiger charge is 2.15. The lowest BCUT2D eigenvalue weighted by atomic mass is 10.3. The monoisotopic (exact) mass is 284 g/mol. The van der Waals surface area contributed by atoms with Crippen LogP contribution in [0.5, 0.6) is 0 Å². The Bertz CT molecular complexity index is 408. The lowest BCUT2D eigenvalue weighted by Gasteiger charge is -2.21. The van der Waals surface area contributed by atoms with Crippen LogP contribution in [0.4, 0.5) is 0 Å². The maximum absolute atomic E-state index is 12.1. The third kappa shape index (κ3) is 5.79. The third-order valence-corrected chi connectivity index (χ3v) is 2.75. The first-order valence-corrected chi connectivity index (χ1v) is 6.33. The largest absolute Gasteiger partial charge is 0.469 e. The summed E-state index contributed by atoms with van der Waals surface area (Å²) in [6.45, 7) is 1.66. The molecule has 0 bridgehead atoms. The van der Waals surface area contributed by atoms with Crippen molar-refractivity contribution < 1.29 is 19.1 Å². The van der Waals surface area contributed by atoms with E-state index in [9.17, 15) is 9.59 Å². The first-order valence-electron chi connectivity index (χ1n) is 6.33. The Labute approximate surface area is 117 Å². The first-order chi connectivity index (χ1) is 9.67. The molecule has 0 radical (unpaired) electrons. The van der Waals surface area contributed by atoms with E-state index in [1.54, 1.807) is 23.0 Å². The maximum Gasteiger partial charge on any atom is 0.307 e. The van der Waals surface area contributed by atoms with Gasteiger partial charge in [0, 0.05) is 26.6 Å². The second kappa shape index (κ2) is 9.03. The molecule has 0 unspecified atom stereocenters. The van der Waals surface area contributed by atoms with E-state index in [0.29, 0.717) is 32.7 Å². The Morgan fingerprint density at radius 1 is 1.25 bits per heavy atom. The minimum Gasteiger partial charge on any atom is -0.469 e. The molecule has 8 nitrogen and oxygen atoms in total. The topological polar surface area (TPSA) is 86.5 Å². The van der Waals surface area contributed by atoms with E-state index < -0.39 is 0 Å². The van der Waals surface area contributed by atoms with Crippen molar-refractivity contribution in [1.29, 1.82) is 0 Å². The van der Waals surface area contributed by atoms with Crippen LogP contribution in [0.3, 0.4) is 0 Å². The zero-order chi connectivity index (χ0) is 14.8. The van der Waals surface area contributed by atoms with Crippen LogP contribution in [0.15, 0.2) is 12.7 Å². The predicted molar refractivity (Wildman–Crippen MR) is 69.7 cm³/mol. The molecule has 0 aliphatic rings. The number of carbonyl (C=O) groups is 2. The van der Waals surface area contributed by atoms with Crippen molar-refractivity contribution in [3.63, 3.8) is 0 Å². The molecule has 0 spiro atoms. The standard InChI is InChI=1S/C12H20N4O4/c1-19-8-7-15(5-4-12(18)20-2)11(17)3-6-16-10-13-9-14-16/h9-10H,3-8H2,1-2H3. The molecular formula is C12H20N4O4. The van der Waals surface area contributed by atoms with Crippen LogP contribution in [0, 0.1) is 0 Å². The molecule has 0 aliphatic heterocycles. The number of methoxy groups -OCH3 is 2. The second-order valence-electron chi connectivity index (χ2n) is 4.11. The van der Waals surface area contributed by atoms with Gasteiger partial charge >= 0.3 is 5.97 Å². The van der Waals surface area contributed by atoms with E-state index in [1.807, 2.05) is 0 Å². The number of rotatable bonds is 9. The lowest BCUT2D eigenvalue weighted by Crippen LogP contribution is -2.36. The Balaban J connectivity index is 2.43. The molecule has 0 N–H and O–H groups in total. The number of hydrogen-bond acceptors (Lipinski definition) is 6. The summed E-state index contributed by atoms with van der Waals surface area (Å²) in [6.07, 6.45) is 3.45. The smallest absolute Gasteiger partial charge is 0.307 e. The molecule has 0 aromatic carbocycles. The maximum atomic E-state index is 12.1. The summed E-state index contributed by atoms with van der Waals surface area (Å²) in [4.78, 5) is 28.7. The number of carbonyl (C=O) groups excluding carboxylic acids is 2. The van der Waals surface area contributed by atoms with Gasteiger partial charge in [0.25, 0.3) is 0 Å². The molecule has 8 heteroatoms. The summed E-state index contributed by atoms with van der Waals surface area (Å²) in [5.74, 6) is -0.391. The molecule has 1 amide bonds. The van der Waals surface area contributed by atoms with E-state index in [2.05, 4.69) is 14.8 Å². The number of esters is 1. The number of amides is 1. The summed E-state index contributed by atoms with van der Waals surface area (Å²) in [5, 5.41) is 3.93. The lowest BCUT2D eigenvalue weighted by molar-refractivity contribution is -0.142. The third-order valence-electron chi connectivity index (χ3n) is 2.75. The molecule has 0 saturated heterocycles. The zero-order valence-electron chi connectivity index (χ0n) is 11.8. The van der Waals surface area contributed by atoms with E-state index in [1.165, 1.54) is 13.4 Å². The van der Waals surface area contributed by atoms with Crippen LogP contribution < -0.4 is 0 Å². The van der Waals surface area contributed by atoms with Crippen LogP contribution in [-0.2, 0) is 25.6 Å². The Morgan fingerprint density at radius 3 is 2.65 bits per heavy atom. The molecule has 112 valence electrons. The van der Waals surface area contributed by atoms with E-state index in [4.69, 9.17) is 4.74 Å².